The maximum absolute atomic E-state index is 12.1. The van der Waals surface area contributed by atoms with Gasteiger partial charge in [0.25, 0.3) is 10.0 Å². The average molecular weight is 360 g/mol. The molecule has 6 nitrogen and oxygen atoms in total. The SMILES string of the molecule is O=C([O-])c1cccc(NS(=O)(=O)c2ccc(OC(F)(F)F)cc2)c1. The van der Waals surface area contributed by atoms with Crippen molar-refractivity contribution < 1.29 is 36.2 Å². The summed E-state index contributed by atoms with van der Waals surface area (Å²) in [5.41, 5.74) is -0.267. The molecule has 0 radical (unpaired) electrons. The number of carbonyl (C=O) groups excluding carboxylic acids is 1. The van der Waals surface area contributed by atoms with Crippen LogP contribution in [0.15, 0.2) is 53.4 Å². The number of rotatable bonds is 5. The Labute approximate surface area is 134 Å². The molecule has 2 rings (SSSR count). The van der Waals surface area contributed by atoms with E-state index in [9.17, 15) is 31.5 Å². The molecular weight excluding hydrogens is 351 g/mol. The molecular formula is C14H9F3NO5S-. The van der Waals surface area contributed by atoms with E-state index in [1.807, 2.05) is 0 Å². The predicted octanol–water partition coefficient (Wildman–Crippen LogP) is 1.75. The fourth-order valence-corrected chi connectivity index (χ4v) is 2.79. The summed E-state index contributed by atoms with van der Waals surface area (Å²) in [7, 11) is -4.12. The number of hydrogen-bond acceptors (Lipinski definition) is 5. The topological polar surface area (TPSA) is 95.5 Å². The highest BCUT2D eigenvalue weighted by atomic mass is 32.2. The van der Waals surface area contributed by atoms with Crippen LogP contribution in [0.3, 0.4) is 0 Å². The largest absolute Gasteiger partial charge is 0.573 e. The summed E-state index contributed by atoms with van der Waals surface area (Å²) in [6, 6.07) is 8.43. The van der Waals surface area contributed by atoms with Gasteiger partial charge in [-0.2, -0.15) is 0 Å². The molecule has 10 heteroatoms. The van der Waals surface area contributed by atoms with Crippen molar-refractivity contribution in [1.82, 2.24) is 0 Å². The van der Waals surface area contributed by atoms with Crippen LogP contribution in [-0.4, -0.2) is 20.7 Å². The third-order valence-electron chi connectivity index (χ3n) is 2.72. The van der Waals surface area contributed by atoms with Gasteiger partial charge in [-0.25, -0.2) is 8.42 Å². The van der Waals surface area contributed by atoms with Crippen LogP contribution in [0.4, 0.5) is 18.9 Å². The molecule has 128 valence electrons. The number of alkyl halides is 3. The number of sulfonamides is 1. The Balaban J connectivity index is 2.21. The smallest absolute Gasteiger partial charge is 0.545 e. The summed E-state index contributed by atoms with van der Waals surface area (Å²) >= 11 is 0. The van der Waals surface area contributed by atoms with Gasteiger partial charge in [0.2, 0.25) is 0 Å². The summed E-state index contributed by atoms with van der Waals surface area (Å²) in [5.74, 6) is -2.05. The van der Waals surface area contributed by atoms with Crippen LogP contribution >= 0.6 is 0 Å². The molecule has 0 unspecified atom stereocenters. The van der Waals surface area contributed by atoms with Gasteiger partial charge in [-0.05, 0) is 42.0 Å². The minimum Gasteiger partial charge on any atom is -0.545 e. The van der Waals surface area contributed by atoms with Gasteiger partial charge < -0.3 is 14.6 Å². The Bertz CT molecular complexity index is 847. The van der Waals surface area contributed by atoms with Gasteiger partial charge in [0, 0.05) is 5.69 Å². The zero-order valence-electron chi connectivity index (χ0n) is 11.7. The van der Waals surface area contributed by atoms with Gasteiger partial charge >= 0.3 is 6.36 Å². The molecule has 0 aliphatic carbocycles. The molecule has 0 atom stereocenters. The molecule has 0 fully saturated rings. The van der Waals surface area contributed by atoms with E-state index in [1.54, 1.807) is 0 Å². The minimum atomic E-state index is -4.88. The number of carboxylic acids is 1. The molecule has 0 spiro atoms. The molecule has 0 saturated carbocycles. The first-order valence-electron chi connectivity index (χ1n) is 6.27. The van der Waals surface area contributed by atoms with Crippen LogP contribution in [0.25, 0.3) is 0 Å². The van der Waals surface area contributed by atoms with E-state index >= 15 is 0 Å². The van der Waals surface area contributed by atoms with E-state index in [-0.39, 0.29) is 16.1 Å². The first kappa shape index (κ1) is 17.6. The molecule has 2 aromatic rings. The van der Waals surface area contributed by atoms with E-state index < -0.39 is 28.1 Å². The van der Waals surface area contributed by atoms with Crippen molar-refractivity contribution in [2.75, 3.05) is 4.72 Å². The molecule has 0 aliphatic rings. The zero-order valence-corrected chi connectivity index (χ0v) is 12.5. The summed E-state index contributed by atoms with van der Waals surface area (Å²) in [5, 5.41) is 10.7. The lowest BCUT2D eigenvalue weighted by atomic mass is 10.2. The lowest BCUT2D eigenvalue weighted by Crippen LogP contribution is -2.22. The van der Waals surface area contributed by atoms with Gasteiger partial charge in [0.15, 0.2) is 0 Å². The van der Waals surface area contributed by atoms with E-state index in [0.717, 1.165) is 30.3 Å². The second-order valence-electron chi connectivity index (χ2n) is 4.49. The molecule has 0 bridgehead atoms. The molecule has 0 saturated heterocycles. The number of aromatic carboxylic acids is 1. The van der Waals surface area contributed by atoms with Crippen molar-refractivity contribution >= 4 is 21.7 Å². The highest BCUT2D eigenvalue weighted by molar-refractivity contribution is 7.92. The Morgan fingerprint density at radius 3 is 2.25 bits per heavy atom. The Morgan fingerprint density at radius 1 is 1.08 bits per heavy atom. The molecule has 0 amide bonds. The van der Waals surface area contributed by atoms with Crippen LogP contribution in [-0.2, 0) is 10.0 Å². The fraction of sp³-hybridized carbons (Fsp3) is 0.0714. The highest BCUT2D eigenvalue weighted by Crippen LogP contribution is 2.24. The number of anilines is 1. The predicted molar refractivity (Wildman–Crippen MR) is 74.7 cm³/mol. The number of carbonyl (C=O) groups is 1. The maximum Gasteiger partial charge on any atom is 0.573 e. The van der Waals surface area contributed by atoms with Crippen LogP contribution in [0.5, 0.6) is 5.75 Å². The van der Waals surface area contributed by atoms with Crippen LogP contribution in [0, 0.1) is 0 Å². The maximum atomic E-state index is 12.1. The summed E-state index contributed by atoms with van der Waals surface area (Å²) < 4.78 is 66.2. The van der Waals surface area contributed by atoms with Crippen molar-refractivity contribution in [2.45, 2.75) is 11.3 Å². The number of ether oxygens (including phenoxy) is 1. The molecule has 0 aromatic heterocycles. The normalized spacial score (nSPS) is 11.8. The molecule has 24 heavy (non-hydrogen) atoms. The van der Waals surface area contributed by atoms with Crippen molar-refractivity contribution in [3.05, 3.63) is 54.1 Å². The van der Waals surface area contributed by atoms with E-state index in [4.69, 9.17) is 0 Å². The summed E-state index contributed by atoms with van der Waals surface area (Å²) in [6.45, 7) is 0. The number of carboxylic acid groups (broad SMARTS) is 1. The van der Waals surface area contributed by atoms with Gasteiger partial charge in [-0.15, -0.1) is 13.2 Å². The first-order valence-corrected chi connectivity index (χ1v) is 7.75. The van der Waals surface area contributed by atoms with E-state index in [2.05, 4.69) is 9.46 Å². The lowest BCUT2D eigenvalue weighted by Gasteiger charge is -2.11. The molecule has 1 N–H and O–H groups in total. The fourth-order valence-electron chi connectivity index (χ4n) is 1.74. The van der Waals surface area contributed by atoms with E-state index in [0.29, 0.717) is 0 Å². The third-order valence-corrected chi connectivity index (χ3v) is 4.12. The van der Waals surface area contributed by atoms with Gasteiger partial charge in [-0.1, -0.05) is 12.1 Å². The van der Waals surface area contributed by atoms with Crippen LogP contribution < -0.4 is 14.6 Å². The summed E-state index contributed by atoms with van der Waals surface area (Å²) in [6.07, 6.45) is -4.88. The Kier molecular flexibility index (Phi) is 4.69. The number of nitrogens with one attached hydrogen (secondary N) is 1. The second kappa shape index (κ2) is 6.40. The number of halogens is 3. The Morgan fingerprint density at radius 2 is 1.71 bits per heavy atom. The van der Waals surface area contributed by atoms with Gasteiger partial charge in [-0.3, -0.25) is 4.72 Å². The minimum absolute atomic E-state index is 0.0349. The average Bonchev–Trinajstić information content (AvgIpc) is 2.46. The van der Waals surface area contributed by atoms with E-state index in [1.165, 1.54) is 18.2 Å². The van der Waals surface area contributed by atoms with Crippen LogP contribution in [0.2, 0.25) is 0 Å². The molecule has 0 heterocycles. The van der Waals surface area contributed by atoms with Crippen molar-refractivity contribution in [3.8, 4) is 5.75 Å². The highest BCUT2D eigenvalue weighted by Gasteiger charge is 2.31. The number of benzene rings is 2. The summed E-state index contributed by atoms with van der Waals surface area (Å²) in [4.78, 5) is 10.4. The molecule has 2 aromatic carbocycles. The van der Waals surface area contributed by atoms with Crippen molar-refractivity contribution in [1.29, 1.82) is 0 Å². The van der Waals surface area contributed by atoms with Gasteiger partial charge in [0.1, 0.15) is 5.75 Å². The second-order valence-corrected chi connectivity index (χ2v) is 6.18. The third kappa shape index (κ3) is 4.62. The van der Waals surface area contributed by atoms with Crippen molar-refractivity contribution in [2.24, 2.45) is 0 Å². The number of hydrogen-bond donors (Lipinski definition) is 1. The lowest BCUT2D eigenvalue weighted by molar-refractivity contribution is -0.274. The monoisotopic (exact) mass is 360 g/mol. The van der Waals surface area contributed by atoms with Gasteiger partial charge in [0.05, 0.1) is 10.9 Å². The molecule has 0 aliphatic heterocycles. The van der Waals surface area contributed by atoms with Crippen molar-refractivity contribution in [3.63, 3.8) is 0 Å². The quantitative estimate of drug-likeness (QED) is 0.876. The van der Waals surface area contributed by atoms with Crippen LogP contribution in [0.1, 0.15) is 10.4 Å². The Hall–Kier alpha value is -2.75. The first-order chi connectivity index (χ1) is 11.1. The zero-order chi connectivity index (χ0) is 18.0. The standard InChI is InChI=1S/C14H10F3NO5S/c15-14(16,17)23-11-4-6-12(7-5-11)24(21,22)18-10-3-1-2-9(8-10)13(19)20/h1-8,18H,(H,19,20)/p-1.